The maximum absolute atomic E-state index is 12.6. The van der Waals surface area contributed by atoms with Crippen LogP contribution in [0.5, 0.6) is 5.75 Å². The molecular weight excluding hydrogens is 460 g/mol. The van der Waals surface area contributed by atoms with Gasteiger partial charge in [0.1, 0.15) is 5.75 Å². The molecule has 29 heavy (non-hydrogen) atoms. The Hall–Kier alpha value is -1.94. The maximum atomic E-state index is 12.6. The van der Waals surface area contributed by atoms with Gasteiger partial charge in [0.05, 0.1) is 24.2 Å². The normalized spacial score (nSPS) is 16.2. The Morgan fingerprint density at radius 1 is 1.21 bits per heavy atom. The van der Waals surface area contributed by atoms with Crippen LogP contribution in [0.3, 0.4) is 0 Å². The van der Waals surface area contributed by atoms with Gasteiger partial charge < -0.3 is 14.8 Å². The van der Waals surface area contributed by atoms with Crippen molar-refractivity contribution in [2.45, 2.75) is 17.9 Å². The van der Waals surface area contributed by atoms with E-state index in [-0.39, 0.29) is 23.5 Å². The van der Waals surface area contributed by atoms with Crippen molar-refractivity contribution in [2.24, 2.45) is 0 Å². The zero-order chi connectivity index (χ0) is 20.9. The Morgan fingerprint density at radius 3 is 2.55 bits per heavy atom. The monoisotopic (exact) mass is 482 g/mol. The van der Waals surface area contributed by atoms with Crippen LogP contribution in [0.2, 0.25) is 0 Å². The lowest BCUT2D eigenvalue weighted by atomic mass is 10.1. The van der Waals surface area contributed by atoms with Crippen molar-refractivity contribution in [2.75, 3.05) is 32.9 Å². The van der Waals surface area contributed by atoms with E-state index in [0.29, 0.717) is 32.1 Å². The number of nitrogens with zero attached hydrogens (tertiary/aromatic N) is 1. The Balaban J connectivity index is 1.54. The third kappa shape index (κ3) is 5.79. The van der Waals surface area contributed by atoms with Gasteiger partial charge in [-0.25, -0.2) is 8.42 Å². The van der Waals surface area contributed by atoms with E-state index in [2.05, 4.69) is 21.2 Å². The molecule has 1 fully saturated rings. The van der Waals surface area contributed by atoms with Crippen LogP contribution in [0.4, 0.5) is 0 Å². The average molecular weight is 483 g/mol. The van der Waals surface area contributed by atoms with Gasteiger partial charge >= 0.3 is 0 Å². The molecule has 1 aliphatic heterocycles. The smallest absolute Gasteiger partial charge is 0.258 e. The molecule has 1 atom stereocenters. The Morgan fingerprint density at radius 2 is 1.90 bits per heavy atom. The van der Waals surface area contributed by atoms with Crippen LogP contribution in [0.25, 0.3) is 0 Å². The van der Waals surface area contributed by atoms with Crippen molar-refractivity contribution in [3.8, 4) is 5.75 Å². The summed E-state index contributed by atoms with van der Waals surface area (Å²) in [6, 6.07) is 13.6. The van der Waals surface area contributed by atoms with Crippen LogP contribution in [-0.4, -0.2) is 51.5 Å². The van der Waals surface area contributed by atoms with E-state index >= 15 is 0 Å². The maximum Gasteiger partial charge on any atom is 0.258 e. The third-order valence-electron chi connectivity index (χ3n) is 4.53. The van der Waals surface area contributed by atoms with Crippen LogP contribution < -0.4 is 10.1 Å². The number of nitrogens with one attached hydrogen (secondary N) is 1. The van der Waals surface area contributed by atoms with E-state index in [9.17, 15) is 13.2 Å². The molecule has 0 bridgehead atoms. The molecular formula is C20H23BrN2O5S. The number of ether oxygens (including phenoxy) is 2. The molecule has 3 rings (SSSR count). The van der Waals surface area contributed by atoms with Crippen molar-refractivity contribution in [3.05, 3.63) is 58.6 Å². The van der Waals surface area contributed by atoms with Gasteiger partial charge in [0, 0.05) is 17.6 Å². The first kappa shape index (κ1) is 21.8. The first-order chi connectivity index (χ1) is 13.9. The molecule has 1 heterocycles. The second-order valence-electron chi connectivity index (χ2n) is 6.62. The van der Waals surface area contributed by atoms with Crippen LogP contribution in [-0.2, 0) is 19.6 Å². The first-order valence-electron chi connectivity index (χ1n) is 9.22. The molecule has 0 saturated carbocycles. The third-order valence-corrected chi connectivity index (χ3v) is 6.93. The zero-order valence-electron chi connectivity index (χ0n) is 16.0. The van der Waals surface area contributed by atoms with Crippen LogP contribution >= 0.6 is 15.9 Å². The van der Waals surface area contributed by atoms with Crippen LogP contribution in [0.1, 0.15) is 18.5 Å². The van der Waals surface area contributed by atoms with E-state index in [4.69, 9.17) is 9.47 Å². The number of carbonyl (C=O) groups excluding carboxylic acids is 1. The van der Waals surface area contributed by atoms with Crippen LogP contribution in [0, 0.1) is 0 Å². The summed E-state index contributed by atoms with van der Waals surface area (Å²) < 4.78 is 38.3. The summed E-state index contributed by atoms with van der Waals surface area (Å²) in [6.07, 6.45) is 0. The molecule has 0 radical (unpaired) electrons. The van der Waals surface area contributed by atoms with E-state index in [1.807, 2.05) is 31.2 Å². The topological polar surface area (TPSA) is 84.9 Å². The minimum Gasteiger partial charge on any atom is -0.484 e. The molecule has 156 valence electrons. The molecule has 1 amide bonds. The highest BCUT2D eigenvalue weighted by Crippen LogP contribution is 2.21. The van der Waals surface area contributed by atoms with Crippen LogP contribution in [0.15, 0.2) is 57.9 Å². The number of amides is 1. The number of benzene rings is 2. The van der Waals surface area contributed by atoms with Gasteiger partial charge in [-0.1, -0.05) is 28.1 Å². The van der Waals surface area contributed by atoms with E-state index in [1.165, 1.54) is 16.4 Å². The van der Waals surface area contributed by atoms with Gasteiger partial charge in [-0.15, -0.1) is 0 Å². The van der Waals surface area contributed by atoms with E-state index in [1.54, 1.807) is 12.1 Å². The lowest BCUT2D eigenvalue weighted by Crippen LogP contribution is -2.40. The van der Waals surface area contributed by atoms with Crippen molar-refractivity contribution in [1.29, 1.82) is 0 Å². The highest BCUT2D eigenvalue weighted by atomic mass is 79.9. The molecule has 2 aromatic rings. The van der Waals surface area contributed by atoms with E-state index in [0.717, 1.165) is 10.0 Å². The SMILES string of the molecule is C[C@H](NC(=O)COc1ccc(S(=O)(=O)N2CCOCC2)cc1)c1cccc(Br)c1. The molecule has 1 aliphatic rings. The quantitative estimate of drug-likeness (QED) is 0.655. The Bertz CT molecular complexity index is 944. The van der Waals surface area contributed by atoms with Crippen molar-refractivity contribution >= 4 is 31.9 Å². The number of halogens is 1. The van der Waals surface area contributed by atoms with Crippen molar-refractivity contribution in [3.63, 3.8) is 0 Å². The highest BCUT2D eigenvalue weighted by molar-refractivity contribution is 9.10. The minimum atomic E-state index is -3.55. The predicted octanol–water partition coefficient (Wildman–Crippen LogP) is 2.73. The van der Waals surface area contributed by atoms with Gasteiger partial charge in [0.15, 0.2) is 6.61 Å². The largest absolute Gasteiger partial charge is 0.484 e. The molecule has 1 saturated heterocycles. The number of hydrogen-bond donors (Lipinski definition) is 1. The summed E-state index contributed by atoms with van der Waals surface area (Å²) in [4.78, 5) is 12.3. The average Bonchev–Trinajstić information content (AvgIpc) is 2.73. The van der Waals surface area contributed by atoms with Gasteiger partial charge in [-0.3, -0.25) is 4.79 Å². The Kier molecular flexibility index (Phi) is 7.28. The fourth-order valence-electron chi connectivity index (χ4n) is 2.94. The number of sulfonamides is 1. The highest BCUT2D eigenvalue weighted by Gasteiger charge is 2.26. The molecule has 9 heteroatoms. The molecule has 0 spiro atoms. The van der Waals surface area contributed by atoms with Gasteiger partial charge in [-0.05, 0) is 48.9 Å². The standard InChI is InChI=1S/C20H23BrN2O5S/c1-15(16-3-2-4-17(21)13-16)22-20(24)14-28-18-5-7-19(8-6-18)29(25,26)23-9-11-27-12-10-23/h2-8,13,15H,9-12,14H2,1H3,(H,22,24)/t15-/m0/s1. The number of hydrogen-bond acceptors (Lipinski definition) is 5. The van der Waals surface area contributed by atoms with E-state index < -0.39 is 10.0 Å². The molecule has 2 aromatic carbocycles. The van der Waals surface area contributed by atoms with Gasteiger partial charge in [-0.2, -0.15) is 4.31 Å². The van der Waals surface area contributed by atoms with Crippen molar-refractivity contribution < 1.29 is 22.7 Å². The fourth-order valence-corrected chi connectivity index (χ4v) is 4.76. The molecule has 7 nitrogen and oxygen atoms in total. The zero-order valence-corrected chi connectivity index (χ0v) is 18.4. The summed E-state index contributed by atoms with van der Waals surface area (Å²) in [7, 11) is -3.55. The summed E-state index contributed by atoms with van der Waals surface area (Å²) >= 11 is 3.41. The lowest BCUT2D eigenvalue weighted by molar-refractivity contribution is -0.123. The summed E-state index contributed by atoms with van der Waals surface area (Å²) in [5.41, 5.74) is 0.977. The molecule has 0 unspecified atom stereocenters. The first-order valence-corrected chi connectivity index (χ1v) is 11.4. The molecule has 1 N–H and O–H groups in total. The summed E-state index contributed by atoms with van der Waals surface area (Å²) in [5, 5.41) is 2.87. The fraction of sp³-hybridized carbons (Fsp3) is 0.350. The summed E-state index contributed by atoms with van der Waals surface area (Å²) in [5.74, 6) is 0.165. The molecule has 0 aromatic heterocycles. The number of carbonyl (C=O) groups is 1. The van der Waals surface area contributed by atoms with Gasteiger partial charge in [0.25, 0.3) is 5.91 Å². The summed E-state index contributed by atoms with van der Waals surface area (Å²) in [6.45, 7) is 3.22. The predicted molar refractivity (Wildman–Crippen MR) is 112 cm³/mol. The number of rotatable bonds is 7. The Labute approximate surface area is 179 Å². The second-order valence-corrected chi connectivity index (χ2v) is 9.47. The second kappa shape index (κ2) is 9.71. The van der Waals surface area contributed by atoms with Crippen molar-refractivity contribution in [1.82, 2.24) is 9.62 Å². The lowest BCUT2D eigenvalue weighted by Gasteiger charge is -2.26. The number of morpholine rings is 1. The van der Waals surface area contributed by atoms with Gasteiger partial charge in [0.2, 0.25) is 10.0 Å². The molecule has 0 aliphatic carbocycles. The minimum absolute atomic E-state index is 0.159.